The van der Waals surface area contributed by atoms with E-state index in [-0.39, 0.29) is 11.4 Å². The summed E-state index contributed by atoms with van der Waals surface area (Å²) in [4.78, 5) is 20.3. The molecule has 0 bridgehead atoms. The van der Waals surface area contributed by atoms with Gasteiger partial charge in [0, 0.05) is 30.6 Å². The summed E-state index contributed by atoms with van der Waals surface area (Å²) in [5.41, 5.74) is 0.856. The number of carbonyl (C=O) groups excluding carboxylic acids is 1. The Kier molecular flexibility index (Phi) is 6.39. The summed E-state index contributed by atoms with van der Waals surface area (Å²) < 4.78 is 0. The molecule has 0 saturated heterocycles. The van der Waals surface area contributed by atoms with E-state index in [0.717, 1.165) is 30.2 Å². The first kappa shape index (κ1) is 17.2. The largest absolute Gasteiger partial charge is 0.370 e. The Morgan fingerprint density at radius 1 is 1.14 bits per heavy atom. The topological polar surface area (TPSA) is 78.9 Å². The molecule has 0 aromatic carbocycles. The van der Waals surface area contributed by atoms with Crippen LogP contribution in [0.1, 0.15) is 46.6 Å². The average molecular weight is 293 g/mol. The summed E-state index contributed by atoms with van der Waals surface area (Å²) in [7, 11) is 0. The maximum Gasteiger partial charge on any atom is 0.222 e. The standard InChI is InChI=1S/C15H27N5O/c1-6-11-13(16-7-2)18-10-19-14(11)17-9-8-12(21)20-15(3,4)5/h10H,6-9H2,1-5H3,(H,20,21)(H2,16,17,18,19). The monoisotopic (exact) mass is 293 g/mol. The fourth-order valence-electron chi connectivity index (χ4n) is 1.99. The summed E-state index contributed by atoms with van der Waals surface area (Å²) in [6, 6.07) is 0. The molecule has 0 atom stereocenters. The highest BCUT2D eigenvalue weighted by molar-refractivity contribution is 5.77. The Hall–Kier alpha value is -1.85. The Bertz CT molecular complexity index is 468. The van der Waals surface area contributed by atoms with E-state index in [1.165, 1.54) is 6.33 Å². The predicted molar refractivity (Wildman–Crippen MR) is 86.6 cm³/mol. The Morgan fingerprint density at radius 3 is 2.29 bits per heavy atom. The Labute approximate surface area is 127 Å². The third-order valence-corrected chi connectivity index (χ3v) is 2.80. The van der Waals surface area contributed by atoms with Crippen molar-refractivity contribution in [3.63, 3.8) is 0 Å². The lowest BCUT2D eigenvalue weighted by Gasteiger charge is -2.20. The SMILES string of the molecule is CCNc1ncnc(NCCC(=O)NC(C)(C)C)c1CC. The first-order chi connectivity index (χ1) is 9.87. The molecule has 1 heterocycles. The van der Waals surface area contributed by atoms with Crippen LogP contribution < -0.4 is 16.0 Å². The van der Waals surface area contributed by atoms with Gasteiger partial charge in [0.1, 0.15) is 18.0 Å². The highest BCUT2D eigenvalue weighted by atomic mass is 16.1. The number of amides is 1. The molecule has 0 aliphatic rings. The minimum absolute atomic E-state index is 0.0361. The summed E-state index contributed by atoms with van der Waals surface area (Å²) >= 11 is 0. The van der Waals surface area contributed by atoms with Gasteiger partial charge in [-0.1, -0.05) is 6.92 Å². The fraction of sp³-hybridized carbons (Fsp3) is 0.667. The minimum atomic E-state index is -0.196. The number of hydrogen-bond donors (Lipinski definition) is 3. The van der Waals surface area contributed by atoms with Gasteiger partial charge in [-0.25, -0.2) is 9.97 Å². The Morgan fingerprint density at radius 2 is 1.76 bits per heavy atom. The summed E-state index contributed by atoms with van der Waals surface area (Å²) in [6.07, 6.45) is 2.79. The third kappa shape index (κ3) is 5.97. The zero-order valence-electron chi connectivity index (χ0n) is 13.7. The van der Waals surface area contributed by atoms with Crippen molar-refractivity contribution in [2.24, 2.45) is 0 Å². The van der Waals surface area contributed by atoms with E-state index in [4.69, 9.17) is 0 Å². The van der Waals surface area contributed by atoms with E-state index >= 15 is 0 Å². The second kappa shape index (κ2) is 7.81. The van der Waals surface area contributed by atoms with Gasteiger partial charge in [-0.2, -0.15) is 0 Å². The van der Waals surface area contributed by atoms with Gasteiger partial charge in [0.05, 0.1) is 0 Å². The van der Waals surface area contributed by atoms with Crippen LogP contribution in [-0.2, 0) is 11.2 Å². The predicted octanol–water partition coefficient (Wildman–Crippen LogP) is 2.19. The molecule has 0 fully saturated rings. The smallest absolute Gasteiger partial charge is 0.222 e. The summed E-state index contributed by atoms with van der Waals surface area (Å²) in [6.45, 7) is 11.4. The molecular weight excluding hydrogens is 266 g/mol. The second-order valence-electron chi connectivity index (χ2n) is 5.91. The van der Waals surface area contributed by atoms with Gasteiger partial charge in [0.2, 0.25) is 5.91 Å². The molecule has 0 saturated carbocycles. The van der Waals surface area contributed by atoms with Crippen LogP contribution in [0.15, 0.2) is 6.33 Å². The summed E-state index contributed by atoms with van der Waals surface area (Å²) in [5, 5.41) is 9.40. The van der Waals surface area contributed by atoms with Crippen molar-refractivity contribution in [3.8, 4) is 0 Å². The van der Waals surface area contributed by atoms with Crippen LogP contribution >= 0.6 is 0 Å². The molecule has 6 nitrogen and oxygen atoms in total. The molecule has 21 heavy (non-hydrogen) atoms. The first-order valence-electron chi connectivity index (χ1n) is 7.50. The number of nitrogens with zero attached hydrogens (tertiary/aromatic N) is 2. The molecule has 1 aromatic rings. The zero-order chi connectivity index (χ0) is 15.9. The van der Waals surface area contributed by atoms with Gasteiger partial charge in [0.15, 0.2) is 0 Å². The van der Waals surface area contributed by atoms with Crippen LogP contribution in [0.25, 0.3) is 0 Å². The highest BCUT2D eigenvalue weighted by Gasteiger charge is 2.14. The molecular formula is C15H27N5O. The van der Waals surface area contributed by atoms with Gasteiger partial charge in [-0.15, -0.1) is 0 Å². The second-order valence-corrected chi connectivity index (χ2v) is 5.91. The van der Waals surface area contributed by atoms with Gasteiger partial charge >= 0.3 is 0 Å². The normalized spacial score (nSPS) is 11.1. The number of anilines is 2. The van der Waals surface area contributed by atoms with Gasteiger partial charge in [0.25, 0.3) is 0 Å². The van der Waals surface area contributed by atoms with Crippen molar-refractivity contribution < 1.29 is 4.79 Å². The fourth-order valence-corrected chi connectivity index (χ4v) is 1.99. The van der Waals surface area contributed by atoms with Crippen LogP contribution in [0.3, 0.4) is 0 Å². The van der Waals surface area contributed by atoms with Crippen LogP contribution in [0, 0.1) is 0 Å². The molecule has 118 valence electrons. The molecule has 0 aliphatic heterocycles. The molecule has 0 aliphatic carbocycles. The van der Waals surface area contributed by atoms with E-state index < -0.39 is 0 Å². The van der Waals surface area contributed by atoms with Crippen LogP contribution in [0.5, 0.6) is 0 Å². The molecule has 0 unspecified atom stereocenters. The number of hydrogen-bond acceptors (Lipinski definition) is 5. The average Bonchev–Trinajstić information content (AvgIpc) is 2.37. The molecule has 6 heteroatoms. The quantitative estimate of drug-likeness (QED) is 0.718. The van der Waals surface area contributed by atoms with Crippen molar-refractivity contribution in [3.05, 3.63) is 11.9 Å². The van der Waals surface area contributed by atoms with Crippen LogP contribution in [0.4, 0.5) is 11.6 Å². The lowest BCUT2D eigenvalue weighted by Crippen LogP contribution is -2.41. The maximum absolute atomic E-state index is 11.8. The molecule has 1 rings (SSSR count). The molecule has 1 amide bonds. The third-order valence-electron chi connectivity index (χ3n) is 2.80. The molecule has 3 N–H and O–H groups in total. The minimum Gasteiger partial charge on any atom is -0.370 e. The van der Waals surface area contributed by atoms with Crippen LogP contribution in [0.2, 0.25) is 0 Å². The first-order valence-corrected chi connectivity index (χ1v) is 7.50. The van der Waals surface area contributed by atoms with Crippen molar-refractivity contribution in [1.29, 1.82) is 0 Å². The van der Waals surface area contributed by atoms with E-state index in [0.29, 0.717) is 13.0 Å². The highest BCUT2D eigenvalue weighted by Crippen LogP contribution is 2.20. The maximum atomic E-state index is 11.8. The van der Waals surface area contributed by atoms with Gasteiger partial charge in [-0.3, -0.25) is 4.79 Å². The van der Waals surface area contributed by atoms with E-state index in [9.17, 15) is 4.79 Å². The molecule has 1 aromatic heterocycles. The van der Waals surface area contributed by atoms with Gasteiger partial charge in [-0.05, 0) is 34.1 Å². The van der Waals surface area contributed by atoms with Crippen molar-refractivity contribution >= 4 is 17.5 Å². The van der Waals surface area contributed by atoms with Crippen molar-refractivity contribution in [2.75, 3.05) is 23.7 Å². The summed E-state index contributed by atoms with van der Waals surface area (Å²) in [5.74, 6) is 1.69. The van der Waals surface area contributed by atoms with Gasteiger partial charge < -0.3 is 16.0 Å². The van der Waals surface area contributed by atoms with E-state index in [1.54, 1.807) is 0 Å². The number of aromatic nitrogens is 2. The zero-order valence-corrected chi connectivity index (χ0v) is 13.7. The number of carbonyl (C=O) groups is 1. The van der Waals surface area contributed by atoms with E-state index in [1.807, 2.05) is 27.7 Å². The van der Waals surface area contributed by atoms with Crippen LogP contribution in [-0.4, -0.2) is 34.5 Å². The van der Waals surface area contributed by atoms with E-state index in [2.05, 4.69) is 32.8 Å². The lowest BCUT2D eigenvalue weighted by molar-refractivity contribution is -0.122. The number of nitrogens with one attached hydrogen (secondary N) is 3. The number of rotatable bonds is 7. The Balaban J connectivity index is 2.59. The molecule has 0 spiro atoms. The van der Waals surface area contributed by atoms with Crippen molar-refractivity contribution in [2.45, 2.75) is 53.0 Å². The lowest BCUT2D eigenvalue weighted by atomic mass is 10.1. The van der Waals surface area contributed by atoms with Crippen molar-refractivity contribution in [1.82, 2.24) is 15.3 Å². The molecule has 0 radical (unpaired) electrons.